The molecule has 84 valence electrons. The number of hydrogen-bond donors (Lipinski definition) is 1. The molecule has 1 aliphatic rings. The SMILES string of the molecule is Brc1cc(CNCC2CCSC2)oc1Br. The number of halogens is 2. The zero-order valence-electron chi connectivity index (χ0n) is 8.26. The summed E-state index contributed by atoms with van der Waals surface area (Å²) in [5, 5.41) is 3.44. The fourth-order valence-corrected chi connectivity index (χ4v) is 3.57. The first kappa shape index (κ1) is 12.0. The second-order valence-corrected chi connectivity index (χ2v) is 6.42. The van der Waals surface area contributed by atoms with Crippen LogP contribution in [0.2, 0.25) is 0 Å². The highest BCUT2D eigenvalue weighted by Crippen LogP contribution is 2.27. The van der Waals surface area contributed by atoms with Crippen molar-refractivity contribution in [3.63, 3.8) is 0 Å². The van der Waals surface area contributed by atoms with Crippen molar-refractivity contribution in [3.05, 3.63) is 21.0 Å². The van der Waals surface area contributed by atoms with Crippen LogP contribution in [0.25, 0.3) is 0 Å². The standard InChI is InChI=1S/C10H13Br2NOS/c11-9-3-8(14-10(9)12)5-13-4-7-1-2-15-6-7/h3,7,13H,1-2,4-6H2. The molecule has 0 aromatic carbocycles. The zero-order chi connectivity index (χ0) is 10.7. The molecule has 2 nitrogen and oxygen atoms in total. The van der Waals surface area contributed by atoms with Gasteiger partial charge < -0.3 is 9.73 Å². The monoisotopic (exact) mass is 353 g/mol. The van der Waals surface area contributed by atoms with Crippen molar-refractivity contribution in [3.8, 4) is 0 Å². The molecule has 1 saturated heterocycles. The second-order valence-electron chi connectivity index (χ2n) is 3.69. The first-order valence-corrected chi connectivity index (χ1v) is 7.72. The lowest BCUT2D eigenvalue weighted by molar-refractivity contribution is 0.445. The van der Waals surface area contributed by atoms with E-state index in [0.29, 0.717) is 0 Å². The van der Waals surface area contributed by atoms with Gasteiger partial charge in [-0.3, -0.25) is 0 Å². The fourth-order valence-electron chi connectivity index (χ4n) is 1.62. The molecule has 0 radical (unpaired) electrons. The highest BCUT2D eigenvalue weighted by atomic mass is 79.9. The molecule has 1 unspecified atom stereocenters. The van der Waals surface area contributed by atoms with Crippen LogP contribution < -0.4 is 5.32 Å². The van der Waals surface area contributed by atoms with Crippen molar-refractivity contribution in [2.75, 3.05) is 18.1 Å². The van der Waals surface area contributed by atoms with Gasteiger partial charge in [0.05, 0.1) is 11.0 Å². The van der Waals surface area contributed by atoms with Crippen LogP contribution in [0.5, 0.6) is 0 Å². The summed E-state index contributed by atoms with van der Waals surface area (Å²) in [5.74, 6) is 4.44. The lowest BCUT2D eigenvalue weighted by atomic mass is 10.1. The summed E-state index contributed by atoms with van der Waals surface area (Å²) in [6, 6.07) is 2.00. The van der Waals surface area contributed by atoms with Gasteiger partial charge in [-0.15, -0.1) is 0 Å². The Bertz CT molecular complexity index is 304. The van der Waals surface area contributed by atoms with Crippen LogP contribution in [0.1, 0.15) is 12.2 Å². The van der Waals surface area contributed by atoms with E-state index in [-0.39, 0.29) is 0 Å². The minimum Gasteiger partial charge on any atom is -0.452 e. The molecular formula is C10H13Br2NOS. The third-order valence-corrected chi connectivity index (χ3v) is 5.39. The van der Waals surface area contributed by atoms with Crippen molar-refractivity contribution in [2.24, 2.45) is 5.92 Å². The highest BCUT2D eigenvalue weighted by Gasteiger charge is 2.15. The summed E-state index contributed by atoms with van der Waals surface area (Å²) in [4.78, 5) is 0. The Balaban J connectivity index is 1.73. The molecule has 1 N–H and O–H groups in total. The van der Waals surface area contributed by atoms with E-state index in [1.165, 1.54) is 17.9 Å². The maximum absolute atomic E-state index is 5.48. The van der Waals surface area contributed by atoms with Crippen LogP contribution in [-0.4, -0.2) is 18.1 Å². The summed E-state index contributed by atoms with van der Waals surface area (Å²) < 4.78 is 7.24. The van der Waals surface area contributed by atoms with E-state index in [1.807, 2.05) is 6.07 Å². The van der Waals surface area contributed by atoms with Gasteiger partial charge in [0, 0.05) is 0 Å². The Labute approximate surface area is 111 Å². The molecule has 2 rings (SSSR count). The number of furan rings is 1. The van der Waals surface area contributed by atoms with Crippen LogP contribution in [0.15, 0.2) is 19.6 Å². The van der Waals surface area contributed by atoms with E-state index in [9.17, 15) is 0 Å². The third kappa shape index (κ3) is 3.51. The molecule has 0 amide bonds. The first-order chi connectivity index (χ1) is 7.25. The molecule has 1 atom stereocenters. The van der Waals surface area contributed by atoms with Crippen molar-refractivity contribution in [1.82, 2.24) is 5.32 Å². The molecule has 1 aliphatic heterocycles. The quantitative estimate of drug-likeness (QED) is 0.893. The van der Waals surface area contributed by atoms with Gasteiger partial charge in [-0.2, -0.15) is 11.8 Å². The van der Waals surface area contributed by atoms with Crippen molar-refractivity contribution < 1.29 is 4.42 Å². The van der Waals surface area contributed by atoms with Gasteiger partial charge in [-0.25, -0.2) is 0 Å². The number of nitrogens with one attached hydrogen (secondary N) is 1. The molecule has 0 bridgehead atoms. The van der Waals surface area contributed by atoms with E-state index in [0.717, 1.165) is 33.9 Å². The minimum atomic E-state index is 0.774. The van der Waals surface area contributed by atoms with Crippen LogP contribution in [0, 0.1) is 5.92 Å². The molecule has 5 heteroatoms. The molecule has 1 aromatic heterocycles. The van der Waals surface area contributed by atoms with Crippen LogP contribution in [0.4, 0.5) is 0 Å². The Morgan fingerprint density at radius 3 is 3.00 bits per heavy atom. The molecule has 1 aromatic rings. The Hall–Kier alpha value is 0.550. The van der Waals surface area contributed by atoms with Crippen molar-refractivity contribution >= 4 is 43.6 Å². The lowest BCUT2D eigenvalue weighted by Crippen LogP contribution is -2.21. The molecule has 0 saturated carbocycles. The van der Waals surface area contributed by atoms with Crippen molar-refractivity contribution in [2.45, 2.75) is 13.0 Å². The normalized spacial score (nSPS) is 21.1. The minimum absolute atomic E-state index is 0.774. The zero-order valence-corrected chi connectivity index (χ0v) is 12.3. The highest BCUT2D eigenvalue weighted by molar-refractivity contribution is 9.13. The predicted molar refractivity (Wildman–Crippen MR) is 71.2 cm³/mol. The summed E-state index contributed by atoms with van der Waals surface area (Å²) in [6.45, 7) is 1.91. The summed E-state index contributed by atoms with van der Waals surface area (Å²) >= 11 is 8.79. The second kappa shape index (κ2) is 5.75. The van der Waals surface area contributed by atoms with Gasteiger partial charge in [0.2, 0.25) is 0 Å². The van der Waals surface area contributed by atoms with Gasteiger partial charge in [-0.1, -0.05) is 0 Å². The lowest BCUT2D eigenvalue weighted by Gasteiger charge is -2.08. The third-order valence-electron chi connectivity index (χ3n) is 2.45. The van der Waals surface area contributed by atoms with Gasteiger partial charge in [-0.05, 0) is 68.3 Å². The van der Waals surface area contributed by atoms with E-state index >= 15 is 0 Å². The van der Waals surface area contributed by atoms with Gasteiger partial charge in [0.25, 0.3) is 0 Å². The molecule has 2 heterocycles. The van der Waals surface area contributed by atoms with Crippen LogP contribution in [-0.2, 0) is 6.54 Å². The van der Waals surface area contributed by atoms with Crippen LogP contribution >= 0.6 is 43.6 Å². The predicted octanol–water partition coefficient (Wildman–Crippen LogP) is 3.65. The van der Waals surface area contributed by atoms with Crippen LogP contribution in [0.3, 0.4) is 0 Å². The van der Waals surface area contributed by atoms with Gasteiger partial charge in [0.15, 0.2) is 4.67 Å². The average molecular weight is 355 g/mol. The van der Waals surface area contributed by atoms with E-state index in [1.54, 1.807) is 0 Å². The number of hydrogen-bond acceptors (Lipinski definition) is 3. The van der Waals surface area contributed by atoms with E-state index in [2.05, 4.69) is 48.9 Å². The largest absolute Gasteiger partial charge is 0.452 e. The Morgan fingerprint density at radius 2 is 2.40 bits per heavy atom. The molecule has 0 spiro atoms. The first-order valence-electron chi connectivity index (χ1n) is 4.98. The summed E-state index contributed by atoms with van der Waals surface area (Å²) in [5.41, 5.74) is 0. The molecule has 0 aliphatic carbocycles. The van der Waals surface area contributed by atoms with Gasteiger partial charge in [0.1, 0.15) is 5.76 Å². The smallest absolute Gasteiger partial charge is 0.183 e. The summed E-state index contributed by atoms with van der Waals surface area (Å²) in [6.07, 6.45) is 1.35. The number of thioether (sulfide) groups is 1. The fraction of sp³-hybridized carbons (Fsp3) is 0.600. The Kier molecular flexibility index (Phi) is 4.61. The van der Waals surface area contributed by atoms with Crippen molar-refractivity contribution in [1.29, 1.82) is 0 Å². The maximum atomic E-state index is 5.48. The molecule has 1 fully saturated rings. The topological polar surface area (TPSA) is 25.2 Å². The Morgan fingerprint density at radius 1 is 1.53 bits per heavy atom. The average Bonchev–Trinajstić information content (AvgIpc) is 2.79. The molecular weight excluding hydrogens is 342 g/mol. The van der Waals surface area contributed by atoms with E-state index < -0.39 is 0 Å². The van der Waals surface area contributed by atoms with E-state index in [4.69, 9.17) is 4.42 Å². The maximum Gasteiger partial charge on any atom is 0.183 e. The van der Waals surface area contributed by atoms with Gasteiger partial charge >= 0.3 is 0 Å². The molecule has 15 heavy (non-hydrogen) atoms. The summed E-state index contributed by atoms with van der Waals surface area (Å²) in [7, 11) is 0. The number of rotatable bonds is 4.